The minimum Gasteiger partial charge on any atom is -0.506 e. The van der Waals surface area contributed by atoms with Gasteiger partial charge in [0.25, 0.3) is 0 Å². The number of carbonyl (C=O) groups is 1. The van der Waals surface area contributed by atoms with Crippen molar-refractivity contribution >= 4 is 33.5 Å². The molecule has 5 heteroatoms. The van der Waals surface area contributed by atoms with Crippen LogP contribution in [0.25, 0.3) is 0 Å². The quantitative estimate of drug-likeness (QED) is 0.847. The minimum atomic E-state index is -0.486. The predicted octanol–water partition coefficient (Wildman–Crippen LogP) is 2.98. The molecule has 1 aromatic carbocycles. The van der Waals surface area contributed by atoms with E-state index in [1.165, 1.54) is 12.1 Å². The molecular weight excluding hydrogens is 271 g/mol. The fourth-order valence-corrected chi connectivity index (χ4v) is 1.47. The second-order valence-corrected chi connectivity index (χ2v) is 3.74. The maximum absolute atomic E-state index is 11.3. The molecule has 0 aliphatic heterocycles. The molecule has 0 bridgehead atoms. The summed E-state index contributed by atoms with van der Waals surface area (Å²) in [6.07, 6.45) is 0. The highest BCUT2D eigenvalue weighted by Crippen LogP contribution is 2.32. The molecule has 0 fully saturated rings. The van der Waals surface area contributed by atoms with E-state index in [1.54, 1.807) is 6.92 Å². The van der Waals surface area contributed by atoms with E-state index in [4.69, 9.17) is 16.3 Å². The summed E-state index contributed by atoms with van der Waals surface area (Å²) in [6.45, 7) is 2.00. The molecule has 1 aromatic rings. The average molecular weight is 280 g/mol. The fourth-order valence-electron chi connectivity index (χ4n) is 0.907. The van der Waals surface area contributed by atoms with Crippen LogP contribution in [0.3, 0.4) is 0 Å². The first kappa shape index (κ1) is 11.3. The van der Waals surface area contributed by atoms with E-state index in [0.29, 0.717) is 11.1 Å². The zero-order valence-electron chi connectivity index (χ0n) is 7.38. The number of phenolic OH excluding ortho intramolecular Hbond substituents is 1. The number of ether oxygens (including phenoxy) is 1. The molecule has 0 saturated carbocycles. The molecule has 0 aromatic heterocycles. The van der Waals surface area contributed by atoms with Crippen molar-refractivity contribution in [3.63, 3.8) is 0 Å². The Morgan fingerprint density at radius 1 is 1.64 bits per heavy atom. The van der Waals surface area contributed by atoms with E-state index in [-0.39, 0.29) is 16.3 Å². The molecule has 14 heavy (non-hydrogen) atoms. The number of phenols is 1. The Kier molecular flexibility index (Phi) is 3.77. The first-order valence-corrected chi connectivity index (χ1v) is 5.08. The summed E-state index contributed by atoms with van der Waals surface area (Å²) in [4.78, 5) is 11.3. The van der Waals surface area contributed by atoms with Crippen molar-refractivity contribution < 1.29 is 14.6 Å². The van der Waals surface area contributed by atoms with Crippen molar-refractivity contribution in [1.82, 2.24) is 0 Å². The molecule has 0 spiro atoms. The number of benzene rings is 1. The Labute approximate surface area is 94.8 Å². The summed E-state index contributed by atoms with van der Waals surface area (Å²) >= 11 is 8.80. The van der Waals surface area contributed by atoms with Gasteiger partial charge in [-0.25, -0.2) is 4.79 Å². The van der Waals surface area contributed by atoms with Gasteiger partial charge in [-0.2, -0.15) is 0 Å². The number of rotatable bonds is 2. The number of halogens is 2. The Bertz CT molecular complexity index is 342. The first-order chi connectivity index (χ1) is 6.56. The molecule has 0 atom stereocenters. The zero-order valence-corrected chi connectivity index (χ0v) is 9.72. The van der Waals surface area contributed by atoms with Crippen LogP contribution < -0.4 is 0 Å². The van der Waals surface area contributed by atoms with Crippen molar-refractivity contribution in [2.24, 2.45) is 0 Å². The SMILES string of the molecule is CCOC(=O)c1cc(O)c(Cl)c(Br)c1. The van der Waals surface area contributed by atoms with Gasteiger partial charge >= 0.3 is 5.97 Å². The van der Waals surface area contributed by atoms with Crippen molar-refractivity contribution in [3.8, 4) is 5.75 Å². The van der Waals surface area contributed by atoms with Crippen LogP contribution in [0.1, 0.15) is 17.3 Å². The van der Waals surface area contributed by atoms with Gasteiger partial charge in [-0.3, -0.25) is 0 Å². The molecule has 3 nitrogen and oxygen atoms in total. The predicted molar refractivity (Wildman–Crippen MR) is 56.8 cm³/mol. The van der Waals surface area contributed by atoms with E-state index in [1.807, 2.05) is 0 Å². The standard InChI is InChI=1S/C9H8BrClO3/c1-2-14-9(13)5-3-6(10)8(11)7(12)4-5/h3-4,12H,2H2,1H3. The molecule has 0 amide bonds. The summed E-state index contributed by atoms with van der Waals surface area (Å²) in [5.74, 6) is -0.635. The van der Waals surface area contributed by atoms with Crippen LogP contribution in [-0.4, -0.2) is 17.7 Å². The molecule has 0 aliphatic rings. The number of hydrogen-bond donors (Lipinski definition) is 1. The molecule has 1 N–H and O–H groups in total. The monoisotopic (exact) mass is 278 g/mol. The Hall–Kier alpha value is -0.740. The van der Waals surface area contributed by atoms with Crippen LogP contribution in [0.4, 0.5) is 0 Å². The third-order valence-corrected chi connectivity index (χ3v) is 2.77. The topological polar surface area (TPSA) is 46.5 Å². The van der Waals surface area contributed by atoms with E-state index < -0.39 is 5.97 Å². The van der Waals surface area contributed by atoms with E-state index in [0.717, 1.165) is 0 Å². The van der Waals surface area contributed by atoms with Gasteiger partial charge in [0.1, 0.15) is 5.75 Å². The lowest BCUT2D eigenvalue weighted by molar-refractivity contribution is 0.0526. The van der Waals surface area contributed by atoms with Crippen molar-refractivity contribution in [2.45, 2.75) is 6.92 Å². The van der Waals surface area contributed by atoms with Crippen molar-refractivity contribution in [1.29, 1.82) is 0 Å². The van der Waals surface area contributed by atoms with Gasteiger partial charge in [0.2, 0.25) is 0 Å². The normalized spacial score (nSPS) is 9.93. The van der Waals surface area contributed by atoms with Gasteiger partial charge < -0.3 is 9.84 Å². The average Bonchev–Trinajstić information content (AvgIpc) is 2.13. The Morgan fingerprint density at radius 3 is 2.79 bits per heavy atom. The van der Waals surface area contributed by atoms with Crippen molar-refractivity contribution in [3.05, 3.63) is 27.2 Å². The summed E-state index contributed by atoms with van der Waals surface area (Å²) in [5, 5.41) is 9.51. The first-order valence-electron chi connectivity index (χ1n) is 3.91. The third-order valence-electron chi connectivity index (χ3n) is 1.52. The lowest BCUT2D eigenvalue weighted by Crippen LogP contribution is -2.04. The van der Waals surface area contributed by atoms with Crippen LogP contribution in [0.2, 0.25) is 5.02 Å². The summed E-state index contributed by atoms with van der Waals surface area (Å²) in [5.41, 5.74) is 0.264. The van der Waals surface area contributed by atoms with Gasteiger partial charge in [-0.05, 0) is 35.0 Å². The van der Waals surface area contributed by atoms with Gasteiger partial charge in [0.05, 0.1) is 17.2 Å². The number of esters is 1. The summed E-state index contributed by atoms with van der Waals surface area (Å²) < 4.78 is 5.22. The molecule has 0 heterocycles. The largest absolute Gasteiger partial charge is 0.506 e. The minimum absolute atomic E-state index is 0.149. The molecular formula is C9H8BrClO3. The van der Waals surface area contributed by atoms with Gasteiger partial charge in [-0.1, -0.05) is 11.6 Å². The summed E-state index contributed by atoms with van der Waals surface area (Å²) in [6, 6.07) is 2.77. The van der Waals surface area contributed by atoms with Crippen LogP contribution in [0, 0.1) is 0 Å². The lowest BCUT2D eigenvalue weighted by atomic mass is 10.2. The highest BCUT2D eigenvalue weighted by molar-refractivity contribution is 9.10. The Balaban J connectivity index is 3.06. The van der Waals surface area contributed by atoms with E-state index in [2.05, 4.69) is 15.9 Å². The number of aromatic hydroxyl groups is 1. The highest BCUT2D eigenvalue weighted by atomic mass is 79.9. The molecule has 0 radical (unpaired) electrons. The van der Waals surface area contributed by atoms with Crippen LogP contribution in [0.5, 0.6) is 5.75 Å². The van der Waals surface area contributed by atoms with E-state index in [9.17, 15) is 9.90 Å². The maximum Gasteiger partial charge on any atom is 0.338 e. The van der Waals surface area contributed by atoms with Crippen LogP contribution in [0.15, 0.2) is 16.6 Å². The lowest BCUT2D eigenvalue weighted by Gasteiger charge is -2.04. The Morgan fingerprint density at radius 2 is 2.29 bits per heavy atom. The van der Waals surface area contributed by atoms with Gasteiger partial charge in [0, 0.05) is 4.47 Å². The third kappa shape index (κ3) is 2.39. The number of hydrogen-bond acceptors (Lipinski definition) is 3. The zero-order chi connectivity index (χ0) is 10.7. The second kappa shape index (κ2) is 4.66. The smallest absolute Gasteiger partial charge is 0.338 e. The van der Waals surface area contributed by atoms with Gasteiger partial charge in [0.15, 0.2) is 0 Å². The highest BCUT2D eigenvalue weighted by Gasteiger charge is 2.12. The van der Waals surface area contributed by atoms with E-state index >= 15 is 0 Å². The van der Waals surface area contributed by atoms with Crippen LogP contribution in [-0.2, 0) is 4.74 Å². The number of carbonyl (C=O) groups excluding carboxylic acids is 1. The molecule has 1 rings (SSSR count). The second-order valence-electron chi connectivity index (χ2n) is 2.51. The molecule has 0 aliphatic carbocycles. The van der Waals surface area contributed by atoms with Gasteiger partial charge in [-0.15, -0.1) is 0 Å². The molecule has 76 valence electrons. The van der Waals surface area contributed by atoms with Crippen LogP contribution >= 0.6 is 27.5 Å². The molecule has 0 unspecified atom stereocenters. The maximum atomic E-state index is 11.3. The fraction of sp³-hybridized carbons (Fsp3) is 0.222. The molecule has 0 saturated heterocycles. The summed E-state index contributed by atoms with van der Waals surface area (Å²) in [7, 11) is 0. The van der Waals surface area contributed by atoms with Crippen molar-refractivity contribution in [2.75, 3.05) is 6.61 Å².